The van der Waals surface area contributed by atoms with E-state index in [0.29, 0.717) is 27.8 Å². The topological polar surface area (TPSA) is 80.8 Å². The van der Waals surface area contributed by atoms with Crippen LogP contribution in [-0.2, 0) is 4.79 Å². The van der Waals surface area contributed by atoms with Gasteiger partial charge in [0.15, 0.2) is 16.6 Å². The zero-order valence-electron chi connectivity index (χ0n) is 18.6. The largest absolute Gasteiger partial charge is 0.493 e. The third-order valence-corrected chi connectivity index (χ3v) is 6.86. The van der Waals surface area contributed by atoms with Crippen LogP contribution in [0, 0.1) is 13.8 Å². The van der Waals surface area contributed by atoms with Gasteiger partial charge < -0.3 is 19.7 Å². The molecule has 7 nitrogen and oxygen atoms in total. The third kappa shape index (κ3) is 3.71. The highest BCUT2D eigenvalue weighted by Gasteiger charge is 2.43. The molecule has 0 spiro atoms. The van der Waals surface area contributed by atoms with Gasteiger partial charge in [0, 0.05) is 17.5 Å². The lowest BCUT2D eigenvalue weighted by Crippen LogP contribution is -2.44. The number of carbonyl (C=O) groups is 2. The molecule has 1 aromatic heterocycles. The van der Waals surface area contributed by atoms with Gasteiger partial charge in [-0.25, -0.2) is 4.98 Å². The number of benzene rings is 2. The number of ether oxygens (including phenoxy) is 2. The first-order valence-electron chi connectivity index (χ1n) is 10.2. The summed E-state index contributed by atoms with van der Waals surface area (Å²) < 4.78 is 10.8. The Morgan fingerprint density at radius 3 is 2.47 bits per heavy atom. The van der Waals surface area contributed by atoms with Crippen LogP contribution < -0.4 is 14.8 Å². The lowest BCUT2D eigenvalue weighted by Gasteiger charge is -2.39. The highest BCUT2D eigenvalue weighted by Crippen LogP contribution is 2.44. The highest BCUT2D eigenvalue weighted by atomic mass is 32.1. The number of anilines is 1. The van der Waals surface area contributed by atoms with Crippen molar-refractivity contribution in [1.82, 2.24) is 9.88 Å². The first-order valence-corrected chi connectivity index (χ1v) is 11.0. The average Bonchev–Trinajstić information content (AvgIpc) is 3.11. The molecule has 2 atom stereocenters. The molecular weight excluding hydrogens is 426 g/mol. The number of thiazole rings is 1. The van der Waals surface area contributed by atoms with Gasteiger partial charge in [-0.2, -0.15) is 0 Å². The van der Waals surface area contributed by atoms with E-state index >= 15 is 0 Å². The maximum Gasteiger partial charge on any atom is 0.254 e. The minimum Gasteiger partial charge on any atom is -0.493 e. The summed E-state index contributed by atoms with van der Waals surface area (Å²) in [7, 11) is 4.85. The van der Waals surface area contributed by atoms with Gasteiger partial charge in [-0.1, -0.05) is 24.3 Å². The third-order valence-electron chi connectivity index (χ3n) is 5.87. The summed E-state index contributed by atoms with van der Waals surface area (Å²) in [5.74, 6) is 0.137. The normalized spacial score (nSPS) is 17.7. The standard InChI is InChI=1S/C24H25N3O4S/c1-13-14(2)32-24(25-13)26-22(28)20-16-8-6-7-9-17(16)23(29)27(3)21(20)15-10-11-18(30-4)19(12-15)31-5/h6-12,20-21H,1-5H3,(H,25,26,28). The smallest absolute Gasteiger partial charge is 0.254 e. The first-order chi connectivity index (χ1) is 15.3. The van der Waals surface area contributed by atoms with E-state index in [0.717, 1.165) is 16.1 Å². The van der Waals surface area contributed by atoms with E-state index in [4.69, 9.17) is 9.47 Å². The average molecular weight is 452 g/mol. The van der Waals surface area contributed by atoms with Crippen LogP contribution in [-0.4, -0.2) is 43.0 Å². The van der Waals surface area contributed by atoms with Gasteiger partial charge in [0.2, 0.25) is 5.91 Å². The van der Waals surface area contributed by atoms with Gasteiger partial charge in [0.1, 0.15) is 0 Å². The van der Waals surface area contributed by atoms with Gasteiger partial charge in [-0.05, 0) is 43.2 Å². The molecule has 2 amide bonds. The van der Waals surface area contributed by atoms with E-state index in [1.165, 1.54) is 11.3 Å². The molecule has 1 aliphatic heterocycles. The van der Waals surface area contributed by atoms with Gasteiger partial charge in [0.25, 0.3) is 5.91 Å². The minimum atomic E-state index is -0.628. The number of nitrogens with one attached hydrogen (secondary N) is 1. The molecular formula is C24H25N3O4S. The Kier molecular flexibility index (Phi) is 5.88. The maximum absolute atomic E-state index is 13.6. The summed E-state index contributed by atoms with van der Waals surface area (Å²) in [6.45, 7) is 3.88. The Morgan fingerprint density at radius 1 is 1.09 bits per heavy atom. The number of aryl methyl sites for hydroxylation is 2. The predicted molar refractivity (Wildman–Crippen MR) is 124 cm³/mol. The summed E-state index contributed by atoms with van der Waals surface area (Å²) in [6, 6.07) is 12.2. The zero-order chi connectivity index (χ0) is 23.0. The molecule has 2 aromatic carbocycles. The van der Waals surface area contributed by atoms with Crippen LogP contribution in [0.2, 0.25) is 0 Å². The van der Waals surface area contributed by atoms with Crippen LogP contribution in [0.25, 0.3) is 0 Å². The van der Waals surface area contributed by atoms with Gasteiger partial charge in [-0.3, -0.25) is 9.59 Å². The number of nitrogens with zero attached hydrogens (tertiary/aromatic N) is 2. The number of likely N-dealkylation sites (N-methyl/N-ethyl adjacent to an activating group) is 1. The van der Waals surface area contributed by atoms with Crippen LogP contribution in [0.4, 0.5) is 5.13 Å². The maximum atomic E-state index is 13.6. The summed E-state index contributed by atoms with van der Waals surface area (Å²) >= 11 is 1.44. The molecule has 1 N–H and O–H groups in total. The molecule has 2 unspecified atom stereocenters. The van der Waals surface area contributed by atoms with E-state index in [2.05, 4.69) is 10.3 Å². The zero-order valence-corrected chi connectivity index (χ0v) is 19.4. The fourth-order valence-electron chi connectivity index (χ4n) is 4.12. The van der Waals surface area contributed by atoms with E-state index < -0.39 is 12.0 Å². The van der Waals surface area contributed by atoms with Crippen molar-refractivity contribution in [3.05, 3.63) is 69.7 Å². The molecule has 0 fully saturated rings. The molecule has 3 aromatic rings. The molecule has 1 aliphatic rings. The van der Waals surface area contributed by atoms with Gasteiger partial charge in [0.05, 0.1) is 31.9 Å². The van der Waals surface area contributed by atoms with E-state index in [1.807, 2.05) is 44.2 Å². The van der Waals surface area contributed by atoms with Gasteiger partial charge in [-0.15, -0.1) is 11.3 Å². The SMILES string of the molecule is COc1ccc(C2C(C(=O)Nc3nc(C)c(C)s3)c3ccccc3C(=O)N2C)cc1OC. The second-order valence-corrected chi connectivity index (χ2v) is 8.89. The monoisotopic (exact) mass is 451 g/mol. The first kappa shape index (κ1) is 21.8. The number of carbonyl (C=O) groups excluding carboxylic acids is 2. The number of fused-ring (bicyclic) bond motifs is 1. The van der Waals surface area contributed by atoms with Crippen molar-refractivity contribution in [2.24, 2.45) is 0 Å². The van der Waals surface area contributed by atoms with E-state index in [-0.39, 0.29) is 11.8 Å². The predicted octanol–water partition coefficient (Wildman–Crippen LogP) is 4.33. The molecule has 2 heterocycles. The molecule has 0 saturated heterocycles. The summed E-state index contributed by atoms with van der Waals surface area (Å²) in [4.78, 5) is 33.9. The number of hydrogen-bond acceptors (Lipinski definition) is 6. The number of rotatable bonds is 5. The van der Waals surface area contributed by atoms with Crippen LogP contribution in [0.1, 0.15) is 44.0 Å². The van der Waals surface area contributed by atoms with Crippen LogP contribution in [0.5, 0.6) is 11.5 Å². The summed E-state index contributed by atoms with van der Waals surface area (Å²) in [5, 5.41) is 3.52. The van der Waals surface area contributed by atoms with Crippen LogP contribution in [0.3, 0.4) is 0 Å². The van der Waals surface area contributed by atoms with Gasteiger partial charge >= 0.3 is 0 Å². The van der Waals surface area contributed by atoms with Crippen molar-refractivity contribution in [2.45, 2.75) is 25.8 Å². The summed E-state index contributed by atoms with van der Waals surface area (Å²) in [5.41, 5.74) is 2.88. The lowest BCUT2D eigenvalue weighted by molar-refractivity contribution is -0.119. The number of aromatic nitrogens is 1. The van der Waals surface area contributed by atoms with E-state index in [1.54, 1.807) is 38.3 Å². The second-order valence-electron chi connectivity index (χ2n) is 7.69. The molecule has 0 radical (unpaired) electrons. The van der Waals surface area contributed by atoms with Crippen molar-refractivity contribution in [1.29, 1.82) is 0 Å². The van der Waals surface area contributed by atoms with Crippen molar-refractivity contribution >= 4 is 28.3 Å². The molecule has 8 heteroatoms. The van der Waals surface area contributed by atoms with E-state index in [9.17, 15) is 9.59 Å². The second kappa shape index (κ2) is 8.63. The highest BCUT2D eigenvalue weighted by molar-refractivity contribution is 7.15. The molecule has 166 valence electrons. The van der Waals surface area contributed by atoms with Crippen molar-refractivity contribution in [3.8, 4) is 11.5 Å². The number of amides is 2. The summed E-state index contributed by atoms with van der Waals surface area (Å²) in [6.07, 6.45) is 0. The molecule has 0 saturated carbocycles. The van der Waals surface area contributed by atoms with Crippen molar-refractivity contribution in [3.63, 3.8) is 0 Å². The number of hydrogen-bond donors (Lipinski definition) is 1. The van der Waals surface area contributed by atoms with Crippen molar-refractivity contribution in [2.75, 3.05) is 26.6 Å². The molecule has 4 rings (SSSR count). The fraction of sp³-hybridized carbons (Fsp3) is 0.292. The van der Waals surface area contributed by atoms with Crippen molar-refractivity contribution < 1.29 is 19.1 Å². The molecule has 0 bridgehead atoms. The quantitative estimate of drug-likeness (QED) is 0.625. The lowest BCUT2D eigenvalue weighted by atomic mass is 9.79. The van der Waals surface area contributed by atoms with Crippen LogP contribution in [0.15, 0.2) is 42.5 Å². The Balaban J connectivity index is 1.82. The van der Waals surface area contributed by atoms with Crippen LogP contribution >= 0.6 is 11.3 Å². The minimum absolute atomic E-state index is 0.134. The fourth-order valence-corrected chi connectivity index (χ4v) is 4.94. The Labute approximate surface area is 191 Å². The Bertz CT molecular complexity index is 1170. The molecule has 0 aliphatic carbocycles. The Hall–Kier alpha value is -3.39. The molecule has 32 heavy (non-hydrogen) atoms. The number of methoxy groups -OCH3 is 2. The Morgan fingerprint density at radius 2 is 1.81 bits per heavy atom.